The smallest absolute Gasteiger partial charge is 0.416 e. The number of esters is 1. The number of likely N-dealkylation sites (tertiary alicyclic amines) is 1. The van der Waals surface area contributed by atoms with E-state index in [1.807, 2.05) is 12.1 Å². The van der Waals surface area contributed by atoms with Gasteiger partial charge < -0.3 is 14.4 Å². The summed E-state index contributed by atoms with van der Waals surface area (Å²) in [6, 6.07) is 12.7. The number of halogens is 2. The first-order chi connectivity index (χ1) is 15.7. The molecule has 0 N–H and O–H groups in total. The molecule has 176 valence electrons. The molecule has 33 heavy (non-hydrogen) atoms. The van der Waals surface area contributed by atoms with Gasteiger partial charge in [-0.15, -0.1) is 0 Å². The fourth-order valence-electron chi connectivity index (χ4n) is 3.67. The lowest BCUT2D eigenvalue weighted by atomic mass is 9.85. The molecule has 0 radical (unpaired) electrons. The van der Waals surface area contributed by atoms with E-state index in [2.05, 4.69) is 4.74 Å². The molecule has 2 aromatic rings. The maximum absolute atomic E-state index is 13.9. The van der Waals surface area contributed by atoms with Gasteiger partial charge in [-0.3, -0.25) is 14.5 Å². The summed E-state index contributed by atoms with van der Waals surface area (Å²) in [5.74, 6) is -1.50. The number of methoxy groups -OCH3 is 1. The summed E-state index contributed by atoms with van der Waals surface area (Å²) in [5, 5.41) is 0.579. The van der Waals surface area contributed by atoms with Gasteiger partial charge in [0.25, 0.3) is 0 Å². The third-order valence-corrected chi connectivity index (χ3v) is 6.00. The zero-order valence-electron chi connectivity index (χ0n) is 18.6. The fourth-order valence-corrected chi connectivity index (χ4v) is 3.80. The van der Waals surface area contributed by atoms with Gasteiger partial charge in [0.2, 0.25) is 5.91 Å². The maximum atomic E-state index is 13.9. The molecule has 1 aliphatic rings. The predicted molar refractivity (Wildman–Crippen MR) is 120 cm³/mol. The topological polar surface area (TPSA) is 76.2 Å². The Morgan fingerprint density at radius 1 is 1.15 bits per heavy atom. The van der Waals surface area contributed by atoms with Crippen LogP contribution < -0.4 is 4.74 Å². The van der Waals surface area contributed by atoms with Crippen LogP contribution in [0.3, 0.4) is 0 Å². The first-order valence-corrected chi connectivity index (χ1v) is 11.0. The average molecular weight is 477 g/mol. The average Bonchev–Trinajstić information content (AvgIpc) is 2.79. The largest absolute Gasteiger partial charge is 0.469 e. The van der Waals surface area contributed by atoms with Crippen molar-refractivity contribution in [3.8, 4) is 5.75 Å². The molecule has 2 amide bonds. The number of amides is 2. The van der Waals surface area contributed by atoms with Crippen LogP contribution >= 0.6 is 11.6 Å². The molecule has 1 fully saturated rings. The van der Waals surface area contributed by atoms with Crippen LogP contribution in [0.25, 0.3) is 0 Å². The number of hydrogen-bond acceptors (Lipinski definition) is 5. The molecule has 0 saturated carbocycles. The van der Waals surface area contributed by atoms with E-state index in [9.17, 15) is 18.8 Å². The quantitative estimate of drug-likeness (QED) is 0.527. The number of nitrogens with zero attached hydrogens (tertiary/aromatic N) is 2. The standard InChI is InChI=1S/C24H26ClFN2O5/c1-24(13-15-28(24)23(31)33-20-7-4-3-6-19(20)26)22(30)27(14-5-8-21(29)32-2)16-17-9-11-18(25)12-10-17/h3-4,6-7,9-12H,5,8,13-16H2,1-2H3. The van der Waals surface area contributed by atoms with Crippen LogP contribution in [0.4, 0.5) is 9.18 Å². The van der Waals surface area contributed by atoms with Gasteiger partial charge in [0.1, 0.15) is 5.54 Å². The molecule has 3 rings (SSSR count). The van der Waals surface area contributed by atoms with E-state index in [1.165, 1.54) is 30.2 Å². The van der Waals surface area contributed by atoms with Crippen molar-refractivity contribution in [1.82, 2.24) is 9.80 Å². The van der Waals surface area contributed by atoms with Crippen molar-refractivity contribution in [3.63, 3.8) is 0 Å². The maximum Gasteiger partial charge on any atom is 0.416 e. The molecule has 1 aliphatic heterocycles. The first kappa shape index (κ1) is 24.5. The Bertz CT molecular complexity index is 1020. The summed E-state index contributed by atoms with van der Waals surface area (Å²) in [6.45, 7) is 2.55. The second-order valence-electron chi connectivity index (χ2n) is 8.01. The Morgan fingerprint density at radius 3 is 2.45 bits per heavy atom. The van der Waals surface area contributed by atoms with Crippen LogP contribution in [-0.2, 0) is 20.9 Å². The van der Waals surface area contributed by atoms with Gasteiger partial charge in [0.15, 0.2) is 11.6 Å². The molecule has 2 aromatic carbocycles. The van der Waals surface area contributed by atoms with Gasteiger partial charge in [0.05, 0.1) is 7.11 Å². The van der Waals surface area contributed by atoms with E-state index >= 15 is 0 Å². The van der Waals surface area contributed by atoms with Crippen molar-refractivity contribution in [2.45, 2.75) is 38.3 Å². The number of carbonyl (C=O) groups is 3. The van der Waals surface area contributed by atoms with Crippen molar-refractivity contribution in [2.75, 3.05) is 20.2 Å². The van der Waals surface area contributed by atoms with Crippen molar-refractivity contribution in [3.05, 3.63) is 64.9 Å². The third-order valence-electron chi connectivity index (χ3n) is 5.74. The van der Waals surface area contributed by atoms with E-state index in [0.717, 1.165) is 5.56 Å². The molecule has 7 nitrogen and oxygen atoms in total. The summed E-state index contributed by atoms with van der Waals surface area (Å²) < 4.78 is 23.8. The van der Waals surface area contributed by atoms with E-state index in [0.29, 0.717) is 31.0 Å². The lowest BCUT2D eigenvalue weighted by molar-refractivity contribution is -0.151. The Labute approximate surface area is 197 Å². The SMILES string of the molecule is COC(=O)CCCN(Cc1ccc(Cl)cc1)C(=O)C1(C)CCN1C(=O)Oc1ccccc1F. The lowest BCUT2D eigenvalue weighted by Gasteiger charge is -2.49. The highest BCUT2D eigenvalue weighted by atomic mass is 35.5. The third kappa shape index (κ3) is 5.82. The Balaban J connectivity index is 1.74. The molecule has 1 heterocycles. The summed E-state index contributed by atoms with van der Waals surface area (Å²) in [7, 11) is 1.31. The van der Waals surface area contributed by atoms with Crippen LogP contribution in [-0.4, -0.2) is 53.5 Å². The minimum atomic E-state index is -1.14. The zero-order valence-corrected chi connectivity index (χ0v) is 19.3. The van der Waals surface area contributed by atoms with Crippen molar-refractivity contribution in [1.29, 1.82) is 0 Å². The monoisotopic (exact) mass is 476 g/mol. The zero-order chi connectivity index (χ0) is 24.0. The number of hydrogen-bond donors (Lipinski definition) is 0. The number of ether oxygens (including phenoxy) is 2. The normalized spacial score (nSPS) is 17.2. The summed E-state index contributed by atoms with van der Waals surface area (Å²) in [4.78, 5) is 40.7. The number of benzene rings is 2. The van der Waals surface area contributed by atoms with E-state index in [1.54, 1.807) is 30.0 Å². The molecule has 1 unspecified atom stereocenters. The number of para-hydroxylation sites is 1. The van der Waals surface area contributed by atoms with Crippen molar-refractivity contribution in [2.24, 2.45) is 0 Å². The molecule has 0 spiro atoms. The van der Waals surface area contributed by atoms with E-state index < -0.39 is 17.4 Å². The van der Waals surface area contributed by atoms with Crippen molar-refractivity contribution >= 4 is 29.6 Å². The number of carbonyl (C=O) groups excluding carboxylic acids is 3. The molecule has 1 atom stereocenters. The number of rotatable bonds is 8. The highest BCUT2D eigenvalue weighted by Gasteiger charge is 2.52. The first-order valence-electron chi connectivity index (χ1n) is 10.6. The van der Waals surface area contributed by atoms with Crippen LogP contribution in [0, 0.1) is 5.82 Å². The summed E-state index contributed by atoms with van der Waals surface area (Å²) in [5.41, 5.74) is -0.283. The molecule has 9 heteroatoms. The minimum absolute atomic E-state index is 0.163. The van der Waals surface area contributed by atoms with E-state index in [4.69, 9.17) is 16.3 Å². The molecule has 1 saturated heterocycles. The van der Waals surface area contributed by atoms with Crippen LogP contribution in [0.15, 0.2) is 48.5 Å². The predicted octanol–water partition coefficient (Wildman–Crippen LogP) is 4.42. The molecule has 0 aromatic heterocycles. The Hall–Kier alpha value is -3.13. The van der Waals surface area contributed by atoms with E-state index in [-0.39, 0.29) is 30.6 Å². The molecule has 0 aliphatic carbocycles. The summed E-state index contributed by atoms with van der Waals surface area (Å²) in [6.07, 6.45) is 0.216. The fraction of sp³-hybridized carbons (Fsp3) is 0.375. The Kier molecular flexibility index (Phi) is 7.92. The van der Waals surface area contributed by atoms with Gasteiger partial charge in [-0.1, -0.05) is 35.9 Å². The van der Waals surface area contributed by atoms with Gasteiger partial charge in [-0.05, 0) is 49.6 Å². The minimum Gasteiger partial charge on any atom is -0.469 e. The highest BCUT2D eigenvalue weighted by molar-refractivity contribution is 6.30. The molecular formula is C24H26ClFN2O5. The lowest BCUT2D eigenvalue weighted by Crippen LogP contribution is -2.68. The summed E-state index contributed by atoms with van der Waals surface area (Å²) >= 11 is 5.96. The van der Waals surface area contributed by atoms with Crippen LogP contribution in [0.5, 0.6) is 5.75 Å². The molecule has 0 bridgehead atoms. The second-order valence-corrected chi connectivity index (χ2v) is 8.44. The van der Waals surface area contributed by atoms with Gasteiger partial charge in [-0.2, -0.15) is 0 Å². The van der Waals surface area contributed by atoms with Crippen LogP contribution in [0.2, 0.25) is 5.02 Å². The van der Waals surface area contributed by atoms with Crippen molar-refractivity contribution < 1.29 is 28.2 Å². The van der Waals surface area contributed by atoms with Gasteiger partial charge in [0, 0.05) is 31.1 Å². The second kappa shape index (κ2) is 10.7. The van der Waals surface area contributed by atoms with Gasteiger partial charge >= 0.3 is 12.1 Å². The Morgan fingerprint density at radius 2 is 1.85 bits per heavy atom. The van der Waals surface area contributed by atoms with Gasteiger partial charge in [-0.25, -0.2) is 9.18 Å². The highest BCUT2D eigenvalue weighted by Crippen LogP contribution is 2.34. The van der Waals surface area contributed by atoms with Crippen LogP contribution in [0.1, 0.15) is 31.7 Å². The molecular weight excluding hydrogens is 451 g/mol.